The van der Waals surface area contributed by atoms with Crippen molar-refractivity contribution < 1.29 is 18.7 Å². The fourth-order valence-corrected chi connectivity index (χ4v) is 1.28. The predicted molar refractivity (Wildman–Crippen MR) is 55.3 cm³/mol. The molecule has 1 N–H and O–H groups in total. The second kappa shape index (κ2) is 5.03. The van der Waals surface area contributed by atoms with E-state index in [-0.39, 0.29) is 12.1 Å². The maximum absolute atomic E-state index is 13.3. The molecule has 1 rings (SSSR count). The second-order valence-electron chi connectivity index (χ2n) is 3.56. The molecule has 3 nitrogen and oxygen atoms in total. The van der Waals surface area contributed by atoms with Gasteiger partial charge < -0.3 is 10.0 Å². The number of rotatable bonds is 4. The second-order valence-corrected chi connectivity index (χ2v) is 3.56. The highest BCUT2D eigenvalue weighted by atomic mass is 19.1. The summed E-state index contributed by atoms with van der Waals surface area (Å²) in [5.74, 6) is -3.16. The van der Waals surface area contributed by atoms with Crippen LogP contribution in [0.4, 0.5) is 8.78 Å². The van der Waals surface area contributed by atoms with Crippen molar-refractivity contribution in [2.24, 2.45) is 0 Å². The SMILES string of the molecule is CCN(C)Cc1cc(C(=O)O)c(F)cc1F. The van der Waals surface area contributed by atoms with Gasteiger partial charge in [0.15, 0.2) is 0 Å². The Kier molecular flexibility index (Phi) is 3.95. The average molecular weight is 229 g/mol. The van der Waals surface area contributed by atoms with Crippen LogP contribution in [0.3, 0.4) is 0 Å². The molecular weight excluding hydrogens is 216 g/mol. The van der Waals surface area contributed by atoms with Crippen molar-refractivity contribution in [1.82, 2.24) is 4.90 Å². The van der Waals surface area contributed by atoms with Crippen LogP contribution in [0.25, 0.3) is 0 Å². The van der Waals surface area contributed by atoms with Crippen molar-refractivity contribution in [1.29, 1.82) is 0 Å². The van der Waals surface area contributed by atoms with Crippen LogP contribution in [0, 0.1) is 11.6 Å². The molecule has 0 radical (unpaired) electrons. The molecule has 0 fully saturated rings. The summed E-state index contributed by atoms with van der Waals surface area (Å²) in [6.07, 6.45) is 0. The molecule has 0 aromatic heterocycles. The number of aromatic carboxylic acids is 1. The van der Waals surface area contributed by atoms with Gasteiger partial charge in [0.25, 0.3) is 0 Å². The highest BCUT2D eigenvalue weighted by Crippen LogP contribution is 2.16. The van der Waals surface area contributed by atoms with E-state index in [1.807, 2.05) is 6.92 Å². The topological polar surface area (TPSA) is 40.5 Å². The third-order valence-electron chi connectivity index (χ3n) is 2.35. The molecule has 0 heterocycles. The van der Waals surface area contributed by atoms with Crippen molar-refractivity contribution >= 4 is 5.97 Å². The van der Waals surface area contributed by atoms with Crippen LogP contribution in [0.5, 0.6) is 0 Å². The van der Waals surface area contributed by atoms with Gasteiger partial charge in [0.05, 0.1) is 5.56 Å². The van der Waals surface area contributed by atoms with E-state index >= 15 is 0 Å². The van der Waals surface area contributed by atoms with E-state index < -0.39 is 23.2 Å². The molecule has 88 valence electrons. The maximum Gasteiger partial charge on any atom is 0.338 e. The number of carbonyl (C=O) groups is 1. The summed E-state index contributed by atoms with van der Waals surface area (Å²) in [6, 6.07) is 1.65. The first-order chi connectivity index (χ1) is 7.45. The third kappa shape index (κ3) is 2.76. The molecule has 0 aliphatic carbocycles. The molecule has 5 heteroatoms. The fourth-order valence-electron chi connectivity index (χ4n) is 1.28. The Labute approximate surface area is 92.3 Å². The van der Waals surface area contributed by atoms with Crippen molar-refractivity contribution in [3.8, 4) is 0 Å². The fraction of sp³-hybridized carbons (Fsp3) is 0.364. The number of hydrogen-bond acceptors (Lipinski definition) is 2. The van der Waals surface area contributed by atoms with E-state index in [0.29, 0.717) is 12.6 Å². The molecule has 0 unspecified atom stereocenters. The standard InChI is InChI=1S/C11H13F2NO2/c1-3-14(2)6-7-4-8(11(15)16)10(13)5-9(7)12/h4-5H,3,6H2,1-2H3,(H,15,16). The van der Waals surface area contributed by atoms with Crippen LogP contribution in [-0.4, -0.2) is 29.6 Å². The molecule has 0 saturated carbocycles. The minimum absolute atomic E-state index is 0.183. The average Bonchev–Trinajstić information content (AvgIpc) is 2.21. The summed E-state index contributed by atoms with van der Waals surface area (Å²) in [7, 11) is 1.77. The zero-order chi connectivity index (χ0) is 12.3. The lowest BCUT2D eigenvalue weighted by Gasteiger charge is -2.14. The zero-order valence-corrected chi connectivity index (χ0v) is 9.13. The van der Waals surface area contributed by atoms with E-state index in [4.69, 9.17) is 5.11 Å². The Morgan fingerprint density at radius 3 is 2.50 bits per heavy atom. The summed E-state index contributed by atoms with van der Waals surface area (Å²) < 4.78 is 26.4. The van der Waals surface area contributed by atoms with Crippen molar-refractivity contribution in [2.45, 2.75) is 13.5 Å². The third-order valence-corrected chi connectivity index (χ3v) is 2.35. The Morgan fingerprint density at radius 1 is 1.38 bits per heavy atom. The Morgan fingerprint density at radius 2 is 2.00 bits per heavy atom. The van der Waals surface area contributed by atoms with Gasteiger partial charge >= 0.3 is 5.97 Å². The van der Waals surface area contributed by atoms with E-state index in [1.165, 1.54) is 0 Å². The van der Waals surface area contributed by atoms with Crippen LogP contribution >= 0.6 is 0 Å². The van der Waals surface area contributed by atoms with Crippen molar-refractivity contribution in [3.63, 3.8) is 0 Å². The molecular formula is C11H13F2NO2. The number of carboxylic acid groups (broad SMARTS) is 1. The van der Waals surface area contributed by atoms with Crippen LogP contribution in [-0.2, 0) is 6.54 Å². The normalized spacial score (nSPS) is 10.8. The Hall–Kier alpha value is -1.49. The van der Waals surface area contributed by atoms with Crippen LogP contribution < -0.4 is 0 Å². The summed E-state index contributed by atoms with van der Waals surface area (Å²) in [6.45, 7) is 2.83. The Balaban J connectivity index is 3.09. The van der Waals surface area contributed by atoms with Gasteiger partial charge in [-0.2, -0.15) is 0 Å². The summed E-state index contributed by atoms with van der Waals surface area (Å²) in [5, 5.41) is 8.70. The summed E-state index contributed by atoms with van der Waals surface area (Å²) >= 11 is 0. The lowest BCUT2D eigenvalue weighted by molar-refractivity contribution is 0.0691. The van der Waals surface area contributed by atoms with Crippen LogP contribution in [0.1, 0.15) is 22.8 Å². The van der Waals surface area contributed by atoms with E-state index in [0.717, 1.165) is 6.07 Å². The number of benzene rings is 1. The van der Waals surface area contributed by atoms with Gasteiger partial charge in [-0.25, -0.2) is 13.6 Å². The molecule has 0 aliphatic rings. The lowest BCUT2D eigenvalue weighted by Crippen LogP contribution is -2.18. The molecule has 0 atom stereocenters. The molecule has 16 heavy (non-hydrogen) atoms. The Bertz CT molecular complexity index is 407. The first-order valence-corrected chi connectivity index (χ1v) is 4.85. The quantitative estimate of drug-likeness (QED) is 0.859. The highest BCUT2D eigenvalue weighted by Gasteiger charge is 2.15. The maximum atomic E-state index is 13.3. The van der Waals surface area contributed by atoms with E-state index in [1.54, 1.807) is 11.9 Å². The van der Waals surface area contributed by atoms with Crippen molar-refractivity contribution in [3.05, 3.63) is 34.9 Å². The van der Waals surface area contributed by atoms with Gasteiger partial charge in [0.2, 0.25) is 0 Å². The molecule has 0 bridgehead atoms. The number of halogens is 2. The molecule has 0 spiro atoms. The minimum Gasteiger partial charge on any atom is -0.478 e. The van der Waals surface area contributed by atoms with Gasteiger partial charge in [0.1, 0.15) is 11.6 Å². The summed E-state index contributed by atoms with van der Waals surface area (Å²) in [4.78, 5) is 12.5. The summed E-state index contributed by atoms with van der Waals surface area (Å²) in [5.41, 5.74) is -0.316. The first kappa shape index (κ1) is 12.6. The van der Waals surface area contributed by atoms with Gasteiger partial charge in [-0.05, 0) is 19.7 Å². The number of hydrogen-bond donors (Lipinski definition) is 1. The predicted octanol–water partition coefficient (Wildman–Crippen LogP) is 2.11. The molecule has 0 saturated heterocycles. The minimum atomic E-state index is -1.39. The molecule has 1 aromatic carbocycles. The number of nitrogens with zero attached hydrogens (tertiary/aromatic N) is 1. The zero-order valence-electron chi connectivity index (χ0n) is 9.13. The largest absolute Gasteiger partial charge is 0.478 e. The first-order valence-electron chi connectivity index (χ1n) is 4.85. The van der Waals surface area contributed by atoms with Gasteiger partial charge in [-0.3, -0.25) is 0 Å². The van der Waals surface area contributed by atoms with Gasteiger partial charge in [-0.1, -0.05) is 6.92 Å². The molecule has 0 aliphatic heterocycles. The smallest absolute Gasteiger partial charge is 0.338 e. The van der Waals surface area contributed by atoms with Gasteiger partial charge in [0, 0.05) is 18.2 Å². The van der Waals surface area contributed by atoms with E-state index in [9.17, 15) is 13.6 Å². The monoisotopic (exact) mass is 229 g/mol. The number of carboxylic acids is 1. The van der Waals surface area contributed by atoms with Crippen LogP contribution in [0.15, 0.2) is 12.1 Å². The van der Waals surface area contributed by atoms with Gasteiger partial charge in [-0.15, -0.1) is 0 Å². The lowest BCUT2D eigenvalue weighted by atomic mass is 10.1. The molecule has 1 aromatic rings. The highest BCUT2D eigenvalue weighted by molar-refractivity contribution is 5.88. The van der Waals surface area contributed by atoms with Crippen LogP contribution in [0.2, 0.25) is 0 Å². The van der Waals surface area contributed by atoms with Crippen molar-refractivity contribution in [2.75, 3.05) is 13.6 Å². The van der Waals surface area contributed by atoms with E-state index in [2.05, 4.69) is 0 Å². The molecule has 0 amide bonds.